The highest BCUT2D eigenvalue weighted by atomic mass is 32.2. The molecule has 0 aromatic carbocycles. The Morgan fingerprint density at radius 1 is 1.30 bits per heavy atom. The van der Waals surface area contributed by atoms with Crippen LogP contribution in [0.5, 0.6) is 0 Å². The van der Waals surface area contributed by atoms with Gasteiger partial charge >= 0.3 is 0 Å². The van der Waals surface area contributed by atoms with Gasteiger partial charge in [0.15, 0.2) is 0 Å². The van der Waals surface area contributed by atoms with Gasteiger partial charge < -0.3 is 10.1 Å². The van der Waals surface area contributed by atoms with Crippen molar-refractivity contribution in [2.24, 2.45) is 11.8 Å². The SMILES string of the molecule is CCCC(C)C(NCC)C1CCOC2(CCSCC2)C1. The number of ether oxygens (including phenoxy) is 1. The molecule has 0 aliphatic carbocycles. The van der Waals surface area contributed by atoms with Crippen molar-refractivity contribution in [2.75, 3.05) is 24.7 Å². The predicted octanol–water partition coefficient (Wildman–Crippen LogP) is 4.09. The Hall–Kier alpha value is 0.270. The molecule has 2 saturated heterocycles. The van der Waals surface area contributed by atoms with Crippen LogP contribution in [0.1, 0.15) is 59.3 Å². The smallest absolute Gasteiger partial charge is 0.0701 e. The second kappa shape index (κ2) is 8.05. The van der Waals surface area contributed by atoms with Crippen LogP contribution in [0.2, 0.25) is 0 Å². The van der Waals surface area contributed by atoms with Crippen molar-refractivity contribution in [2.45, 2.75) is 70.9 Å². The minimum absolute atomic E-state index is 0.230. The Bertz CT molecular complexity index is 273. The molecule has 1 spiro atoms. The largest absolute Gasteiger partial charge is 0.375 e. The van der Waals surface area contributed by atoms with E-state index in [4.69, 9.17) is 4.74 Å². The minimum Gasteiger partial charge on any atom is -0.375 e. The average molecular weight is 300 g/mol. The molecule has 1 N–H and O–H groups in total. The third-order valence-corrected chi connectivity index (χ3v) is 6.23. The van der Waals surface area contributed by atoms with Crippen molar-refractivity contribution in [3.8, 4) is 0 Å². The van der Waals surface area contributed by atoms with Crippen molar-refractivity contribution in [1.82, 2.24) is 5.32 Å². The first kappa shape index (κ1) is 16.6. The monoisotopic (exact) mass is 299 g/mol. The maximum atomic E-state index is 6.26. The molecule has 0 aromatic heterocycles. The molecular weight excluding hydrogens is 266 g/mol. The summed E-state index contributed by atoms with van der Waals surface area (Å²) < 4.78 is 6.26. The second-order valence-corrected chi connectivity index (χ2v) is 7.97. The summed E-state index contributed by atoms with van der Waals surface area (Å²) in [6, 6.07) is 0.690. The molecule has 118 valence electrons. The van der Waals surface area contributed by atoms with E-state index in [0.717, 1.165) is 25.0 Å². The van der Waals surface area contributed by atoms with Crippen LogP contribution in [0, 0.1) is 11.8 Å². The third-order valence-electron chi connectivity index (χ3n) is 5.24. The van der Waals surface area contributed by atoms with Gasteiger partial charge in [-0.05, 0) is 62.0 Å². The quantitative estimate of drug-likeness (QED) is 0.798. The summed E-state index contributed by atoms with van der Waals surface area (Å²) in [5.41, 5.74) is 0.230. The molecule has 0 radical (unpaired) electrons. The zero-order valence-corrected chi connectivity index (χ0v) is 14.4. The Balaban J connectivity index is 2.00. The predicted molar refractivity (Wildman–Crippen MR) is 89.5 cm³/mol. The lowest BCUT2D eigenvalue weighted by atomic mass is 9.75. The summed E-state index contributed by atoms with van der Waals surface area (Å²) in [7, 11) is 0. The molecular formula is C17H33NOS. The molecule has 2 heterocycles. The highest BCUT2D eigenvalue weighted by Crippen LogP contribution is 2.41. The molecule has 2 nitrogen and oxygen atoms in total. The van der Waals surface area contributed by atoms with Crippen LogP contribution in [-0.2, 0) is 4.74 Å². The van der Waals surface area contributed by atoms with Gasteiger partial charge in [0.05, 0.1) is 5.60 Å². The van der Waals surface area contributed by atoms with Crippen molar-refractivity contribution < 1.29 is 4.74 Å². The Kier molecular flexibility index (Phi) is 6.70. The van der Waals surface area contributed by atoms with Crippen LogP contribution in [-0.4, -0.2) is 36.3 Å². The van der Waals surface area contributed by atoms with Gasteiger partial charge in [-0.1, -0.05) is 27.2 Å². The maximum Gasteiger partial charge on any atom is 0.0701 e. The summed E-state index contributed by atoms with van der Waals surface area (Å²) in [6.07, 6.45) is 7.73. The van der Waals surface area contributed by atoms with Gasteiger partial charge in [0.2, 0.25) is 0 Å². The zero-order valence-electron chi connectivity index (χ0n) is 13.6. The van der Waals surface area contributed by atoms with Gasteiger partial charge in [0, 0.05) is 12.6 Å². The normalized spacial score (nSPS) is 29.2. The Morgan fingerprint density at radius 3 is 2.70 bits per heavy atom. The van der Waals surface area contributed by atoms with Crippen molar-refractivity contribution in [3.63, 3.8) is 0 Å². The second-order valence-electron chi connectivity index (χ2n) is 6.75. The molecule has 2 fully saturated rings. The minimum atomic E-state index is 0.230. The zero-order chi connectivity index (χ0) is 14.4. The van der Waals surface area contributed by atoms with Crippen LogP contribution >= 0.6 is 11.8 Å². The maximum absolute atomic E-state index is 6.26. The summed E-state index contributed by atoms with van der Waals surface area (Å²) >= 11 is 2.10. The first-order valence-corrected chi connectivity index (χ1v) is 9.81. The molecule has 20 heavy (non-hydrogen) atoms. The van der Waals surface area contributed by atoms with Crippen LogP contribution < -0.4 is 5.32 Å². The summed E-state index contributed by atoms with van der Waals surface area (Å²) in [4.78, 5) is 0. The molecule has 0 aromatic rings. The molecule has 3 unspecified atom stereocenters. The number of rotatable bonds is 6. The summed E-state index contributed by atoms with van der Waals surface area (Å²) in [5, 5.41) is 3.80. The first-order valence-electron chi connectivity index (χ1n) is 8.66. The van der Waals surface area contributed by atoms with Crippen molar-refractivity contribution in [3.05, 3.63) is 0 Å². The van der Waals surface area contributed by atoms with E-state index in [1.165, 1.54) is 50.0 Å². The van der Waals surface area contributed by atoms with Crippen LogP contribution in [0.3, 0.4) is 0 Å². The lowest BCUT2D eigenvalue weighted by Crippen LogP contribution is -2.50. The Morgan fingerprint density at radius 2 is 2.05 bits per heavy atom. The fraction of sp³-hybridized carbons (Fsp3) is 1.00. The van der Waals surface area contributed by atoms with Crippen LogP contribution in [0.15, 0.2) is 0 Å². The fourth-order valence-corrected chi connectivity index (χ4v) is 5.40. The number of nitrogens with one attached hydrogen (secondary N) is 1. The van der Waals surface area contributed by atoms with Gasteiger partial charge in [0.25, 0.3) is 0 Å². The van der Waals surface area contributed by atoms with E-state index < -0.39 is 0 Å². The van der Waals surface area contributed by atoms with E-state index >= 15 is 0 Å². The molecule has 3 heteroatoms. The number of hydrogen-bond donors (Lipinski definition) is 1. The van der Waals surface area contributed by atoms with Gasteiger partial charge in [-0.3, -0.25) is 0 Å². The molecule has 2 aliphatic heterocycles. The molecule has 0 bridgehead atoms. The number of thioether (sulfide) groups is 1. The van der Waals surface area contributed by atoms with E-state index in [9.17, 15) is 0 Å². The van der Waals surface area contributed by atoms with E-state index in [-0.39, 0.29) is 5.60 Å². The molecule has 0 saturated carbocycles. The topological polar surface area (TPSA) is 21.3 Å². The van der Waals surface area contributed by atoms with Crippen molar-refractivity contribution >= 4 is 11.8 Å². The van der Waals surface area contributed by atoms with Crippen LogP contribution in [0.25, 0.3) is 0 Å². The van der Waals surface area contributed by atoms with Gasteiger partial charge in [-0.2, -0.15) is 11.8 Å². The lowest BCUT2D eigenvalue weighted by Gasteiger charge is -2.46. The summed E-state index contributed by atoms with van der Waals surface area (Å²) in [6.45, 7) is 9.08. The fourth-order valence-electron chi connectivity index (χ4n) is 4.17. The molecule has 2 rings (SSSR count). The van der Waals surface area contributed by atoms with E-state index in [1.807, 2.05) is 0 Å². The summed E-state index contributed by atoms with van der Waals surface area (Å²) in [5.74, 6) is 4.19. The molecule has 0 amide bonds. The van der Waals surface area contributed by atoms with E-state index in [0.29, 0.717) is 6.04 Å². The molecule has 2 aliphatic rings. The standard InChI is InChI=1S/C17H33NOS/c1-4-6-14(3)16(18-5-2)15-7-10-19-17(13-15)8-11-20-12-9-17/h14-16,18H,4-13H2,1-3H3. The first-order chi connectivity index (χ1) is 9.71. The lowest BCUT2D eigenvalue weighted by molar-refractivity contribution is -0.109. The highest BCUT2D eigenvalue weighted by Gasteiger charge is 2.41. The third kappa shape index (κ3) is 4.14. The van der Waals surface area contributed by atoms with Gasteiger partial charge in [0.1, 0.15) is 0 Å². The molecule has 3 atom stereocenters. The average Bonchev–Trinajstić information content (AvgIpc) is 2.46. The van der Waals surface area contributed by atoms with E-state index in [1.54, 1.807) is 0 Å². The van der Waals surface area contributed by atoms with Crippen molar-refractivity contribution in [1.29, 1.82) is 0 Å². The van der Waals surface area contributed by atoms with E-state index in [2.05, 4.69) is 37.8 Å². The number of hydrogen-bond acceptors (Lipinski definition) is 3. The van der Waals surface area contributed by atoms with Gasteiger partial charge in [-0.15, -0.1) is 0 Å². The van der Waals surface area contributed by atoms with Crippen LogP contribution in [0.4, 0.5) is 0 Å². The Labute approximate surface area is 129 Å². The van der Waals surface area contributed by atoms with Gasteiger partial charge in [-0.25, -0.2) is 0 Å². The highest BCUT2D eigenvalue weighted by molar-refractivity contribution is 7.99.